The lowest BCUT2D eigenvalue weighted by molar-refractivity contribution is -0.120. The molecule has 0 radical (unpaired) electrons. The number of nitrogens with zero attached hydrogens (tertiary/aromatic N) is 2. The van der Waals surface area contributed by atoms with Crippen LogP contribution in [0, 0.1) is 18.7 Å². The normalized spacial score (nSPS) is 15.3. The van der Waals surface area contributed by atoms with Crippen LogP contribution in [0.1, 0.15) is 47.1 Å². The number of carbonyl (C=O) groups is 2. The number of nitrogens with one attached hydrogen (secondary N) is 1. The molecule has 1 aliphatic rings. The first kappa shape index (κ1) is 25.5. The van der Waals surface area contributed by atoms with Crippen LogP contribution in [0.3, 0.4) is 0 Å². The highest BCUT2D eigenvalue weighted by Gasteiger charge is 2.36. The summed E-state index contributed by atoms with van der Waals surface area (Å²) in [6, 6.07) is 12.7. The number of carbonyl (C=O) groups excluding carboxylic acids is 2. The van der Waals surface area contributed by atoms with Gasteiger partial charge >= 0.3 is 0 Å². The van der Waals surface area contributed by atoms with Gasteiger partial charge in [-0.3, -0.25) is 9.59 Å². The van der Waals surface area contributed by atoms with E-state index in [0.29, 0.717) is 24.1 Å². The molecule has 4 rings (SSSR count). The number of piperidine rings is 1. The van der Waals surface area contributed by atoms with Gasteiger partial charge in [0, 0.05) is 35.8 Å². The Labute approximate surface area is 208 Å². The van der Waals surface area contributed by atoms with E-state index in [-0.39, 0.29) is 52.6 Å². The third kappa shape index (κ3) is 5.44. The fraction of sp³-hybridized carbons (Fsp3) is 0.269. The second kappa shape index (κ2) is 10.5. The number of halogens is 1. The number of rotatable bonds is 7. The zero-order valence-corrected chi connectivity index (χ0v) is 20.7. The van der Waals surface area contributed by atoms with Gasteiger partial charge in [0.15, 0.2) is 16.4 Å². The van der Waals surface area contributed by atoms with E-state index in [1.54, 1.807) is 42.5 Å². The Kier molecular flexibility index (Phi) is 7.46. The summed E-state index contributed by atoms with van der Waals surface area (Å²) < 4.78 is 47.3. The Morgan fingerprint density at radius 1 is 1.08 bits per heavy atom. The third-order valence-electron chi connectivity index (χ3n) is 6.13. The molecule has 1 fully saturated rings. The Hall–Kier alpha value is -3.63. The molecule has 2 aromatic carbocycles. The highest BCUT2D eigenvalue weighted by atomic mass is 32.2. The number of ketones is 1. The van der Waals surface area contributed by atoms with Crippen LogP contribution in [0.25, 0.3) is 12.2 Å². The Morgan fingerprint density at radius 2 is 1.75 bits per heavy atom. The molecule has 1 amide bonds. The fourth-order valence-electron chi connectivity index (χ4n) is 4.09. The maximum atomic E-state index is 13.9. The predicted octanol–water partition coefficient (Wildman–Crippen LogP) is 4.53. The van der Waals surface area contributed by atoms with Crippen molar-refractivity contribution in [3.8, 4) is 0 Å². The fourth-order valence-corrected chi connectivity index (χ4v) is 5.81. The van der Waals surface area contributed by atoms with E-state index >= 15 is 0 Å². The van der Waals surface area contributed by atoms with Crippen molar-refractivity contribution in [2.45, 2.75) is 31.6 Å². The molecule has 3 aromatic rings. The maximum absolute atomic E-state index is 13.9. The highest BCUT2D eigenvalue weighted by Crippen LogP contribution is 2.30. The number of hydrogen-bond donors (Lipinski definition) is 1. The molecule has 0 spiro atoms. The Balaban J connectivity index is 1.43. The van der Waals surface area contributed by atoms with E-state index < -0.39 is 15.8 Å². The quantitative estimate of drug-likeness (QED) is 0.467. The number of anilines is 1. The second-order valence-corrected chi connectivity index (χ2v) is 10.5. The van der Waals surface area contributed by atoms with E-state index in [9.17, 15) is 22.4 Å². The lowest BCUT2D eigenvalue weighted by atomic mass is 9.97. The first-order chi connectivity index (χ1) is 17.2. The molecule has 10 heteroatoms. The molecule has 2 heterocycles. The van der Waals surface area contributed by atoms with Gasteiger partial charge in [0.25, 0.3) is 0 Å². The zero-order valence-electron chi connectivity index (χ0n) is 19.9. The monoisotopic (exact) mass is 511 g/mol. The summed E-state index contributed by atoms with van der Waals surface area (Å²) in [6.45, 7) is 3.32. The minimum Gasteiger partial charge on any atom is -0.355 e. The summed E-state index contributed by atoms with van der Waals surface area (Å²) in [5.74, 6) is -1.03. The molecule has 1 aliphatic heterocycles. The lowest BCUT2D eigenvalue weighted by Gasteiger charge is -2.30. The van der Waals surface area contributed by atoms with Gasteiger partial charge in [-0.2, -0.15) is 4.31 Å². The topological polar surface area (TPSA) is 110 Å². The number of benzene rings is 2. The molecular formula is C26H26FN3O5S. The van der Waals surface area contributed by atoms with Crippen molar-refractivity contribution < 1.29 is 26.9 Å². The summed E-state index contributed by atoms with van der Waals surface area (Å²) in [5.41, 5.74) is 1.62. The van der Waals surface area contributed by atoms with Crippen molar-refractivity contribution >= 4 is 39.6 Å². The van der Waals surface area contributed by atoms with Gasteiger partial charge < -0.3 is 9.84 Å². The van der Waals surface area contributed by atoms with E-state index in [0.717, 1.165) is 0 Å². The molecule has 8 nitrogen and oxygen atoms in total. The zero-order chi connectivity index (χ0) is 25.9. The van der Waals surface area contributed by atoms with Crippen molar-refractivity contribution in [2.75, 3.05) is 18.4 Å². The number of aryl methyl sites for hydroxylation is 1. The van der Waals surface area contributed by atoms with Gasteiger partial charge in [-0.15, -0.1) is 0 Å². The summed E-state index contributed by atoms with van der Waals surface area (Å²) >= 11 is 0. The second-order valence-electron chi connectivity index (χ2n) is 8.62. The first-order valence-corrected chi connectivity index (χ1v) is 12.9. The average Bonchev–Trinajstić information content (AvgIpc) is 3.25. The summed E-state index contributed by atoms with van der Waals surface area (Å²) in [7, 11) is -3.95. The Bertz CT molecular complexity index is 1410. The van der Waals surface area contributed by atoms with Crippen LogP contribution < -0.4 is 5.32 Å². The van der Waals surface area contributed by atoms with Gasteiger partial charge in [-0.1, -0.05) is 23.4 Å². The number of aromatic nitrogens is 1. The highest BCUT2D eigenvalue weighted by molar-refractivity contribution is 7.89. The van der Waals surface area contributed by atoms with Gasteiger partial charge in [-0.25, -0.2) is 12.8 Å². The summed E-state index contributed by atoms with van der Waals surface area (Å²) in [6.07, 6.45) is 3.53. The molecule has 188 valence electrons. The molecule has 0 atom stereocenters. The number of hydrogen-bond acceptors (Lipinski definition) is 6. The van der Waals surface area contributed by atoms with Gasteiger partial charge in [0.1, 0.15) is 11.5 Å². The van der Waals surface area contributed by atoms with Crippen LogP contribution in [0.2, 0.25) is 0 Å². The molecule has 0 aliphatic carbocycles. The molecule has 0 bridgehead atoms. The van der Waals surface area contributed by atoms with Crippen LogP contribution in [0.5, 0.6) is 0 Å². The van der Waals surface area contributed by atoms with Crippen LogP contribution in [0.15, 0.2) is 57.9 Å². The SMILES string of the molecule is CC(=O)c1ccc(NC(=O)C2CCN(S(=O)(=O)c3c(C)noc3C=Cc3ccccc3F)CC2)cc1. The maximum Gasteiger partial charge on any atom is 0.248 e. The van der Waals surface area contributed by atoms with E-state index in [4.69, 9.17) is 4.52 Å². The predicted molar refractivity (Wildman–Crippen MR) is 133 cm³/mol. The third-order valence-corrected chi connectivity index (χ3v) is 8.19. The number of amides is 1. The largest absolute Gasteiger partial charge is 0.355 e. The van der Waals surface area contributed by atoms with Crippen LogP contribution in [0.4, 0.5) is 10.1 Å². The Morgan fingerprint density at radius 3 is 2.39 bits per heavy atom. The lowest BCUT2D eigenvalue weighted by Crippen LogP contribution is -2.41. The van der Waals surface area contributed by atoms with Gasteiger partial charge in [0.2, 0.25) is 15.9 Å². The van der Waals surface area contributed by atoms with Crippen LogP contribution in [-0.4, -0.2) is 42.7 Å². The summed E-state index contributed by atoms with van der Waals surface area (Å²) in [4.78, 5) is 24.1. The standard InChI is InChI=1S/C26H26FN3O5S/c1-17-25(24(35-29-17)12-9-20-5-3-4-6-23(20)27)36(33,34)30-15-13-21(14-16-30)26(32)28-22-10-7-19(8-11-22)18(2)31/h3-12,21H,13-16H2,1-2H3,(H,28,32). The minimum absolute atomic E-state index is 0.0182. The van der Waals surface area contributed by atoms with Crippen LogP contribution >= 0.6 is 0 Å². The molecule has 1 aromatic heterocycles. The van der Waals surface area contributed by atoms with E-state index in [1.165, 1.54) is 36.4 Å². The number of Topliss-reactive ketones (excluding diaryl/α,β-unsaturated/α-hetero) is 1. The van der Waals surface area contributed by atoms with Crippen molar-refractivity contribution in [1.82, 2.24) is 9.46 Å². The van der Waals surface area contributed by atoms with E-state index in [2.05, 4.69) is 10.5 Å². The summed E-state index contributed by atoms with van der Waals surface area (Å²) in [5, 5.41) is 6.64. The number of sulfonamides is 1. The molecule has 1 N–H and O–H groups in total. The average molecular weight is 512 g/mol. The van der Waals surface area contributed by atoms with Crippen LogP contribution in [-0.2, 0) is 14.8 Å². The molecule has 36 heavy (non-hydrogen) atoms. The van der Waals surface area contributed by atoms with Crippen molar-refractivity contribution in [2.24, 2.45) is 5.92 Å². The van der Waals surface area contributed by atoms with Crippen molar-refractivity contribution in [1.29, 1.82) is 0 Å². The molecular weight excluding hydrogens is 485 g/mol. The molecule has 0 unspecified atom stereocenters. The first-order valence-electron chi connectivity index (χ1n) is 11.5. The van der Waals surface area contributed by atoms with E-state index in [1.807, 2.05) is 0 Å². The van der Waals surface area contributed by atoms with Crippen molar-refractivity contribution in [3.05, 3.63) is 76.9 Å². The van der Waals surface area contributed by atoms with Crippen molar-refractivity contribution in [3.63, 3.8) is 0 Å². The molecule has 0 saturated carbocycles. The minimum atomic E-state index is -3.95. The van der Waals surface area contributed by atoms with Gasteiger partial charge in [0.05, 0.1) is 0 Å². The molecule has 1 saturated heterocycles. The smallest absolute Gasteiger partial charge is 0.248 e. The van der Waals surface area contributed by atoms with Gasteiger partial charge in [-0.05, 0) is 69.2 Å².